The highest BCUT2D eigenvalue weighted by Gasteiger charge is 2.27. The Labute approximate surface area is 294 Å². The zero-order valence-electron chi connectivity index (χ0n) is 30.2. The van der Waals surface area contributed by atoms with Gasteiger partial charge in [0.15, 0.2) is 11.6 Å². The fourth-order valence-electron chi connectivity index (χ4n) is 5.79. The first-order valence-corrected chi connectivity index (χ1v) is 22.5. The van der Waals surface area contributed by atoms with Crippen LogP contribution in [0.15, 0.2) is 12.4 Å². The molecule has 4 heterocycles. The van der Waals surface area contributed by atoms with Crippen LogP contribution in [-0.4, -0.2) is 56.2 Å². The van der Waals surface area contributed by atoms with Crippen molar-refractivity contribution in [3.63, 3.8) is 0 Å². The average molecular weight is 709 g/mol. The van der Waals surface area contributed by atoms with Gasteiger partial charge in [-0.05, 0) is 55.4 Å². The number of nitrogens with zero attached hydrogens (tertiary/aromatic N) is 5. The van der Waals surface area contributed by atoms with E-state index in [-0.39, 0.29) is 22.4 Å². The summed E-state index contributed by atoms with van der Waals surface area (Å²) in [6, 6.07) is 1.12. The summed E-state index contributed by atoms with van der Waals surface area (Å²) in [5, 5.41) is 13.5. The maximum Gasteiger partial charge on any atom is 0.167 e. The lowest BCUT2D eigenvalue weighted by molar-refractivity contribution is 0.0785. The van der Waals surface area contributed by atoms with E-state index < -0.39 is 8.07 Å². The summed E-state index contributed by atoms with van der Waals surface area (Å²) in [5.74, 6) is 0.266. The molecule has 0 aliphatic heterocycles. The smallest absolute Gasteiger partial charge is 0.167 e. The maximum absolute atomic E-state index is 13.0. The van der Waals surface area contributed by atoms with E-state index >= 15 is 0 Å². The molecule has 4 aromatic rings. The number of ether oxygens (including phenoxy) is 1. The second kappa shape index (κ2) is 14.6. The molecular weight excluding hydrogens is 657 g/mol. The predicted molar refractivity (Wildman–Crippen MR) is 198 cm³/mol. The van der Waals surface area contributed by atoms with Crippen LogP contribution in [0.1, 0.15) is 109 Å². The molecule has 0 aromatic carbocycles. The first-order chi connectivity index (χ1) is 22.5. The Morgan fingerprint density at radius 1 is 0.854 bits per heavy atom. The highest BCUT2D eigenvalue weighted by molar-refractivity contribution is 7.15. The Kier molecular flexibility index (Phi) is 11.1. The molecule has 0 saturated heterocycles. The molecule has 260 valence electrons. The van der Waals surface area contributed by atoms with Crippen LogP contribution in [0.5, 0.6) is 0 Å². The van der Waals surface area contributed by atoms with Crippen LogP contribution in [0, 0.1) is 10.8 Å². The van der Waals surface area contributed by atoms with Gasteiger partial charge < -0.3 is 4.74 Å². The van der Waals surface area contributed by atoms with E-state index in [1.807, 2.05) is 6.20 Å². The summed E-state index contributed by atoms with van der Waals surface area (Å²) in [6.07, 6.45) is 11.2. The summed E-state index contributed by atoms with van der Waals surface area (Å²) in [6.45, 7) is 20.6. The molecule has 2 aliphatic rings. The van der Waals surface area contributed by atoms with Gasteiger partial charge in [0.2, 0.25) is 0 Å². The Bertz CT molecular complexity index is 1700. The molecule has 2 aliphatic carbocycles. The summed E-state index contributed by atoms with van der Waals surface area (Å²) in [4.78, 5) is 37.6. The number of aromatic nitrogens is 6. The van der Waals surface area contributed by atoms with Crippen molar-refractivity contribution in [3.8, 4) is 21.4 Å². The number of thiazole rings is 2. The number of hydrogen-bond acceptors (Lipinski definition) is 9. The summed E-state index contributed by atoms with van der Waals surface area (Å²) < 4.78 is 7.61. The van der Waals surface area contributed by atoms with Crippen LogP contribution in [0.25, 0.3) is 21.4 Å². The molecule has 0 spiro atoms. The molecule has 0 radical (unpaired) electrons. The molecule has 0 fully saturated rings. The molecule has 9 nitrogen and oxygen atoms in total. The van der Waals surface area contributed by atoms with E-state index in [9.17, 15) is 9.59 Å². The lowest BCUT2D eigenvalue weighted by atomic mass is 9.88. The fraction of sp³-hybridized carbons (Fsp3) is 0.611. The van der Waals surface area contributed by atoms with Gasteiger partial charge in [-0.25, -0.2) is 14.6 Å². The van der Waals surface area contributed by atoms with Crippen molar-refractivity contribution < 1.29 is 14.3 Å². The van der Waals surface area contributed by atoms with E-state index in [1.54, 1.807) is 33.6 Å². The van der Waals surface area contributed by atoms with Crippen LogP contribution in [0.4, 0.5) is 0 Å². The van der Waals surface area contributed by atoms with E-state index in [4.69, 9.17) is 14.8 Å². The Hall–Kier alpha value is -2.80. The van der Waals surface area contributed by atoms with Gasteiger partial charge >= 0.3 is 0 Å². The molecule has 0 saturated carbocycles. The van der Waals surface area contributed by atoms with Gasteiger partial charge in [0.1, 0.15) is 28.1 Å². The van der Waals surface area contributed by atoms with Crippen molar-refractivity contribution in [1.29, 1.82) is 0 Å². The third kappa shape index (κ3) is 9.67. The van der Waals surface area contributed by atoms with Crippen LogP contribution in [0.2, 0.25) is 25.7 Å². The minimum Gasteiger partial charge on any atom is -0.360 e. The van der Waals surface area contributed by atoms with Crippen LogP contribution in [0.3, 0.4) is 0 Å². The van der Waals surface area contributed by atoms with Crippen molar-refractivity contribution in [2.75, 3.05) is 6.61 Å². The zero-order valence-corrected chi connectivity index (χ0v) is 32.8. The van der Waals surface area contributed by atoms with E-state index in [2.05, 4.69) is 76.4 Å². The van der Waals surface area contributed by atoms with Crippen molar-refractivity contribution in [3.05, 3.63) is 44.7 Å². The summed E-state index contributed by atoms with van der Waals surface area (Å²) >= 11 is 3.39. The number of rotatable bonds is 11. The molecule has 48 heavy (non-hydrogen) atoms. The minimum absolute atomic E-state index is 0.0176. The van der Waals surface area contributed by atoms with Gasteiger partial charge in [-0.1, -0.05) is 61.2 Å². The van der Waals surface area contributed by atoms with E-state index in [0.717, 1.165) is 59.7 Å². The van der Waals surface area contributed by atoms with Crippen molar-refractivity contribution in [2.24, 2.45) is 10.8 Å². The number of aryl methyl sites for hydroxylation is 4. The van der Waals surface area contributed by atoms with Crippen LogP contribution >= 0.6 is 22.7 Å². The number of aromatic amines is 1. The lowest BCUT2D eigenvalue weighted by Crippen LogP contribution is -2.22. The number of carbonyl (C=O) groups is 2. The third-order valence-corrected chi connectivity index (χ3v) is 12.3. The molecular formula is C36H52N6O3S2Si. The second-order valence-electron chi connectivity index (χ2n) is 16.7. The summed E-state index contributed by atoms with van der Waals surface area (Å²) in [5.41, 5.74) is 5.18. The van der Waals surface area contributed by atoms with Crippen LogP contribution in [-0.2, 0) is 37.2 Å². The molecule has 1 N–H and O–H groups in total. The first-order valence-electron chi connectivity index (χ1n) is 17.2. The van der Waals surface area contributed by atoms with Gasteiger partial charge in [-0.2, -0.15) is 10.2 Å². The molecule has 0 atom stereocenters. The Morgan fingerprint density at radius 3 is 1.98 bits per heavy atom. The Balaban J connectivity index is 0.000000198. The number of ketones is 2. The minimum atomic E-state index is -1.12. The summed E-state index contributed by atoms with van der Waals surface area (Å²) in [7, 11) is -1.12. The second-order valence-corrected chi connectivity index (χ2v) is 24.5. The van der Waals surface area contributed by atoms with E-state index in [0.29, 0.717) is 30.7 Å². The number of hydrogen-bond donors (Lipinski definition) is 1. The topological polar surface area (TPSA) is 116 Å². The standard InChI is InChI=1S/C21H33N3O2SSi.C15H19N3OS/c1-21(2,3)12-17(25)15-13-24(14-26-10-11-28(4,5)6)23-19(15)20-22-16-8-7-9-18(16)27-20;1-15(2,3)7-11(19)9-8-16-18-13(9)14-17-10-5-4-6-12(10)20-14/h13H,7-12,14H2,1-6H3;8H,4-7H2,1-3H3,(H,16,18). The normalized spacial score (nSPS) is 14.5. The van der Waals surface area contributed by atoms with Gasteiger partial charge in [-0.15, -0.1) is 22.7 Å². The molecule has 6 rings (SSSR count). The lowest BCUT2D eigenvalue weighted by Gasteiger charge is -2.16. The average Bonchev–Trinajstić information content (AvgIpc) is 3.77. The van der Waals surface area contributed by atoms with Crippen molar-refractivity contribution in [1.82, 2.24) is 29.9 Å². The highest BCUT2D eigenvalue weighted by atomic mass is 32.1. The fourth-order valence-corrected chi connectivity index (χ4v) is 8.85. The van der Waals surface area contributed by atoms with E-state index in [1.165, 1.54) is 34.0 Å². The largest absolute Gasteiger partial charge is 0.360 e. The van der Waals surface area contributed by atoms with Gasteiger partial charge in [0, 0.05) is 43.5 Å². The van der Waals surface area contributed by atoms with Crippen molar-refractivity contribution >= 4 is 42.3 Å². The highest BCUT2D eigenvalue weighted by Crippen LogP contribution is 2.36. The first kappa shape index (κ1) is 36.5. The van der Waals surface area contributed by atoms with Gasteiger partial charge in [0.25, 0.3) is 0 Å². The number of Topliss-reactive ketones (excluding diaryl/α,β-unsaturated/α-hetero) is 2. The SMILES string of the molecule is CC(C)(C)CC(=O)c1cn(COCC[Si](C)(C)C)nc1-c1nc2c(s1)CCC2.CC(C)(C)CC(=O)c1cn[nH]c1-c1nc2c(s1)CCC2. The molecule has 0 unspecified atom stereocenters. The number of nitrogens with one attached hydrogen (secondary N) is 1. The number of carbonyl (C=O) groups excluding carboxylic acids is 2. The van der Waals surface area contributed by atoms with Gasteiger partial charge in [-0.3, -0.25) is 14.7 Å². The monoisotopic (exact) mass is 708 g/mol. The molecule has 0 bridgehead atoms. The van der Waals surface area contributed by atoms with Crippen LogP contribution < -0.4 is 0 Å². The molecule has 0 amide bonds. The third-order valence-electron chi connectivity index (χ3n) is 8.21. The number of fused-ring (bicyclic) bond motifs is 2. The van der Waals surface area contributed by atoms with Crippen molar-refractivity contribution in [2.45, 2.75) is 125 Å². The molecule has 12 heteroatoms. The zero-order chi connectivity index (χ0) is 34.9. The Morgan fingerprint density at radius 2 is 1.42 bits per heavy atom. The van der Waals surface area contributed by atoms with Gasteiger partial charge in [0.05, 0.1) is 28.7 Å². The molecule has 4 aromatic heterocycles. The number of H-pyrrole nitrogens is 1. The predicted octanol–water partition coefficient (Wildman–Crippen LogP) is 9.07. The maximum atomic E-state index is 13.0. The quantitative estimate of drug-likeness (QED) is 0.0939.